The van der Waals surface area contributed by atoms with Gasteiger partial charge in [0.05, 0.1) is 25.5 Å². The van der Waals surface area contributed by atoms with Crippen LogP contribution in [0.1, 0.15) is 18.6 Å². The summed E-state index contributed by atoms with van der Waals surface area (Å²) in [5, 5.41) is 0. The van der Waals surface area contributed by atoms with E-state index in [4.69, 9.17) is 9.15 Å². The smallest absolute Gasteiger partial charge is 0.230 e. The van der Waals surface area contributed by atoms with Gasteiger partial charge in [0.15, 0.2) is 0 Å². The summed E-state index contributed by atoms with van der Waals surface area (Å²) in [6, 6.07) is 3.58. The number of sulfonamides is 1. The molecule has 2 aliphatic heterocycles. The van der Waals surface area contributed by atoms with Gasteiger partial charge < -0.3 is 14.1 Å². The van der Waals surface area contributed by atoms with Crippen LogP contribution in [0.3, 0.4) is 0 Å². The predicted octanol–water partition coefficient (Wildman–Crippen LogP) is 0.969. The van der Waals surface area contributed by atoms with Gasteiger partial charge in [-0.3, -0.25) is 4.79 Å². The van der Waals surface area contributed by atoms with E-state index in [0.717, 1.165) is 12.8 Å². The predicted molar refractivity (Wildman–Crippen MR) is 92.4 cm³/mol. The molecule has 0 saturated carbocycles. The Kier molecular flexibility index (Phi) is 5.22. The number of carbonyl (C=O) groups excluding carboxylic acids is 1. The van der Waals surface area contributed by atoms with E-state index in [1.807, 2.05) is 4.90 Å². The molecule has 0 unspecified atom stereocenters. The van der Waals surface area contributed by atoms with Crippen LogP contribution in [0.2, 0.25) is 0 Å². The molecule has 1 atom stereocenters. The minimum absolute atomic E-state index is 0.0612. The Labute approximate surface area is 149 Å². The van der Waals surface area contributed by atoms with Crippen molar-refractivity contribution in [3.05, 3.63) is 24.2 Å². The molecule has 0 N–H and O–H groups in total. The molecule has 0 aromatic carbocycles. The second-order valence-corrected chi connectivity index (χ2v) is 9.19. The molecule has 1 aromatic rings. The van der Waals surface area contributed by atoms with Gasteiger partial charge in [0.25, 0.3) is 0 Å². The molecule has 7 nitrogen and oxygen atoms in total. The zero-order valence-electron chi connectivity index (χ0n) is 14.8. The highest BCUT2D eigenvalue weighted by molar-refractivity contribution is 7.88. The number of hydrogen-bond acceptors (Lipinski definition) is 5. The number of furan rings is 1. The minimum atomic E-state index is -3.21. The van der Waals surface area contributed by atoms with Crippen LogP contribution >= 0.6 is 0 Å². The van der Waals surface area contributed by atoms with Gasteiger partial charge in [0.2, 0.25) is 15.9 Å². The topological polar surface area (TPSA) is 80.1 Å². The highest BCUT2D eigenvalue weighted by atomic mass is 32.2. The quantitative estimate of drug-likeness (QED) is 0.772. The van der Waals surface area contributed by atoms with Crippen LogP contribution in [-0.4, -0.2) is 69.7 Å². The Bertz CT molecular complexity index is 693. The number of methoxy groups -OCH3 is 1. The number of hydrogen-bond donors (Lipinski definition) is 0. The molecular weight excluding hydrogens is 344 g/mol. The third-order valence-corrected chi connectivity index (χ3v) is 6.85. The van der Waals surface area contributed by atoms with Crippen LogP contribution < -0.4 is 0 Å². The van der Waals surface area contributed by atoms with E-state index in [0.29, 0.717) is 38.5 Å². The van der Waals surface area contributed by atoms with Crippen LogP contribution in [-0.2, 0) is 26.0 Å². The molecule has 2 aliphatic rings. The highest BCUT2D eigenvalue weighted by Crippen LogP contribution is 2.45. The Morgan fingerprint density at radius 3 is 2.68 bits per heavy atom. The zero-order chi connectivity index (χ0) is 18.1. The van der Waals surface area contributed by atoms with Gasteiger partial charge in [0, 0.05) is 39.2 Å². The number of carbonyl (C=O) groups is 1. The first-order chi connectivity index (χ1) is 11.8. The molecule has 0 aliphatic carbocycles. The van der Waals surface area contributed by atoms with Crippen LogP contribution in [0.25, 0.3) is 0 Å². The average Bonchev–Trinajstić information content (AvgIpc) is 3.17. The molecule has 2 fully saturated rings. The van der Waals surface area contributed by atoms with Crippen molar-refractivity contribution in [1.29, 1.82) is 0 Å². The molecule has 1 amide bonds. The van der Waals surface area contributed by atoms with Gasteiger partial charge in [-0.15, -0.1) is 0 Å². The first-order valence-electron chi connectivity index (χ1n) is 8.58. The Hall–Kier alpha value is -1.38. The largest absolute Gasteiger partial charge is 0.469 e. The third kappa shape index (κ3) is 3.91. The fourth-order valence-electron chi connectivity index (χ4n) is 4.11. The van der Waals surface area contributed by atoms with Gasteiger partial charge in [-0.05, 0) is 30.4 Å². The molecule has 1 spiro atoms. The summed E-state index contributed by atoms with van der Waals surface area (Å²) in [6.45, 7) is 2.88. The third-order valence-electron chi connectivity index (χ3n) is 5.64. The van der Waals surface area contributed by atoms with E-state index >= 15 is 0 Å². The fourth-order valence-corrected chi connectivity index (χ4v) is 5.05. The maximum absolute atomic E-state index is 12.4. The molecule has 2 saturated heterocycles. The number of likely N-dealkylation sites (tertiary alicyclic amines) is 1. The molecule has 3 heterocycles. The van der Waals surface area contributed by atoms with Crippen LogP contribution in [0.4, 0.5) is 0 Å². The van der Waals surface area contributed by atoms with E-state index in [9.17, 15) is 13.2 Å². The van der Waals surface area contributed by atoms with Crippen molar-refractivity contribution in [2.75, 3.05) is 46.2 Å². The number of rotatable bonds is 5. The van der Waals surface area contributed by atoms with E-state index < -0.39 is 10.0 Å². The summed E-state index contributed by atoms with van der Waals surface area (Å²) < 4.78 is 36.1. The SMILES string of the molecule is COC[C@H]1CN(S(C)(=O)=O)CC12CCN(C(=O)Cc1ccco1)CC2. The van der Waals surface area contributed by atoms with Gasteiger partial charge in [-0.25, -0.2) is 12.7 Å². The van der Waals surface area contributed by atoms with Crippen molar-refractivity contribution in [2.24, 2.45) is 11.3 Å². The summed E-state index contributed by atoms with van der Waals surface area (Å²) >= 11 is 0. The summed E-state index contributed by atoms with van der Waals surface area (Å²) in [5.41, 5.74) is -0.0967. The first kappa shape index (κ1) is 18.4. The van der Waals surface area contributed by atoms with Crippen LogP contribution in [0.5, 0.6) is 0 Å². The Morgan fingerprint density at radius 2 is 2.12 bits per heavy atom. The van der Waals surface area contributed by atoms with E-state index in [1.165, 1.54) is 6.26 Å². The van der Waals surface area contributed by atoms with Gasteiger partial charge in [-0.1, -0.05) is 0 Å². The molecule has 8 heteroatoms. The monoisotopic (exact) mass is 370 g/mol. The number of piperidine rings is 1. The van der Waals surface area contributed by atoms with Gasteiger partial charge >= 0.3 is 0 Å². The normalized spacial score (nSPS) is 24.1. The second kappa shape index (κ2) is 7.09. The van der Waals surface area contributed by atoms with Crippen molar-refractivity contribution in [3.8, 4) is 0 Å². The van der Waals surface area contributed by atoms with Gasteiger partial charge in [-0.2, -0.15) is 0 Å². The summed E-state index contributed by atoms with van der Waals surface area (Å²) in [5.74, 6) is 0.910. The standard InChI is InChI=1S/C17H26N2O5S/c1-23-12-14-11-19(25(2,21)22)13-17(14)5-7-18(8-6-17)16(20)10-15-4-3-9-24-15/h3-4,9,14H,5-8,10-13H2,1-2H3/t14-/m1/s1. The lowest BCUT2D eigenvalue weighted by Crippen LogP contribution is -2.47. The number of nitrogens with zero attached hydrogens (tertiary/aromatic N) is 2. The van der Waals surface area contributed by atoms with Crippen molar-refractivity contribution in [2.45, 2.75) is 19.3 Å². The van der Waals surface area contributed by atoms with Gasteiger partial charge in [0.1, 0.15) is 5.76 Å². The average molecular weight is 370 g/mol. The van der Waals surface area contributed by atoms with E-state index in [1.54, 1.807) is 29.8 Å². The minimum Gasteiger partial charge on any atom is -0.469 e. The molecule has 1 aromatic heterocycles. The van der Waals surface area contributed by atoms with E-state index in [-0.39, 0.29) is 23.7 Å². The Balaban J connectivity index is 1.65. The van der Waals surface area contributed by atoms with Crippen molar-refractivity contribution in [3.63, 3.8) is 0 Å². The number of amides is 1. The van der Waals surface area contributed by atoms with Crippen molar-refractivity contribution in [1.82, 2.24) is 9.21 Å². The maximum atomic E-state index is 12.4. The lowest BCUT2D eigenvalue weighted by Gasteiger charge is -2.42. The lowest BCUT2D eigenvalue weighted by atomic mass is 9.71. The van der Waals surface area contributed by atoms with Crippen LogP contribution in [0, 0.1) is 11.3 Å². The molecule has 0 bridgehead atoms. The molecule has 0 radical (unpaired) electrons. The van der Waals surface area contributed by atoms with Crippen molar-refractivity contribution >= 4 is 15.9 Å². The van der Waals surface area contributed by atoms with Crippen LogP contribution in [0.15, 0.2) is 22.8 Å². The summed E-state index contributed by atoms with van der Waals surface area (Å²) in [6.07, 6.45) is 4.71. The maximum Gasteiger partial charge on any atom is 0.230 e. The summed E-state index contributed by atoms with van der Waals surface area (Å²) in [7, 11) is -1.56. The first-order valence-corrected chi connectivity index (χ1v) is 10.4. The highest BCUT2D eigenvalue weighted by Gasteiger charge is 2.50. The molecule has 25 heavy (non-hydrogen) atoms. The molecule has 3 rings (SSSR count). The zero-order valence-corrected chi connectivity index (χ0v) is 15.6. The second-order valence-electron chi connectivity index (χ2n) is 7.21. The van der Waals surface area contributed by atoms with Crippen molar-refractivity contribution < 1.29 is 22.4 Å². The fraction of sp³-hybridized carbons (Fsp3) is 0.706. The summed E-state index contributed by atoms with van der Waals surface area (Å²) in [4.78, 5) is 14.3. The number of ether oxygens (including phenoxy) is 1. The Morgan fingerprint density at radius 1 is 1.40 bits per heavy atom. The van der Waals surface area contributed by atoms with E-state index in [2.05, 4.69) is 0 Å². The molecular formula is C17H26N2O5S. The lowest BCUT2D eigenvalue weighted by molar-refractivity contribution is -0.133. The molecule has 140 valence electrons.